The average molecular weight is 222 g/mol. The van der Waals surface area contributed by atoms with E-state index in [-0.39, 0.29) is 6.61 Å². The van der Waals surface area contributed by atoms with Crippen LogP contribution >= 0.6 is 0 Å². The Morgan fingerprint density at radius 1 is 1.20 bits per heavy atom. The zero-order valence-corrected chi connectivity index (χ0v) is 8.11. The molecule has 0 bridgehead atoms. The lowest BCUT2D eigenvalue weighted by molar-refractivity contribution is -0.287. The zero-order valence-electron chi connectivity index (χ0n) is 8.11. The first-order chi connectivity index (χ1) is 6.93. The number of aliphatic hydroxyl groups is 4. The number of carbonyl (C=O) groups excluding carboxylic acids is 1. The highest BCUT2D eigenvalue weighted by atomic mass is 16.6. The van der Waals surface area contributed by atoms with Crippen molar-refractivity contribution in [2.75, 3.05) is 6.61 Å². The summed E-state index contributed by atoms with van der Waals surface area (Å²) < 4.78 is 9.31. The lowest BCUT2D eigenvalue weighted by Gasteiger charge is -2.37. The molecule has 4 N–H and O–H groups in total. The minimum atomic E-state index is -1.61. The van der Waals surface area contributed by atoms with Gasteiger partial charge in [0.2, 0.25) is 0 Å². The molecule has 0 amide bonds. The number of hydrogen-bond acceptors (Lipinski definition) is 7. The van der Waals surface area contributed by atoms with Gasteiger partial charge in [-0.05, 0) is 0 Å². The first-order valence-electron chi connectivity index (χ1n) is 4.44. The third kappa shape index (κ3) is 2.86. The van der Waals surface area contributed by atoms with Crippen LogP contribution in [-0.2, 0) is 14.3 Å². The van der Waals surface area contributed by atoms with Gasteiger partial charge in [-0.2, -0.15) is 0 Å². The lowest BCUT2D eigenvalue weighted by Crippen LogP contribution is -2.58. The standard InChI is InChI=1S/C8H14O7/c1-3(9)14-2-4-5(10)6(11)7(12)8(13)15-4/h4-8,10-13H,2H2,1H3/t4-,5-,6-,7+,8-/m0/s1. The third-order valence-corrected chi connectivity index (χ3v) is 2.14. The molecule has 0 unspecified atom stereocenters. The van der Waals surface area contributed by atoms with Crippen molar-refractivity contribution in [2.45, 2.75) is 37.6 Å². The van der Waals surface area contributed by atoms with Gasteiger partial charge < -0.3 is 29.9 Å². The number of hydrogen-bond donors (Lipinski definition) is 4. The van der Waals surface area contributed by atoms with Crippen molar-refractivity contribution < 1.29 is 34.7 Å². The smallest absolute Gasteiger partial charge is 0.302 e. The Bertz CT molecular complexity index is 231. The third-order valence-electron chi connectivity index (χ3n) is 2.14. The Hall–Kier alpha value is -0.730. The topological polar surface area (TPSA) is 116 Å². The molecule has 7 heteroatoms. The van der Waals surface area contributed by atoms with Crippen LogP contribution in [0.5, 0.6) is 0 Å². The maximum atomic E-state index is 10.5. The van der Waals surface area contributed by atoms with Gasteiger partial charge in [0.25, 0.3) is 0 Å². The molecule has 1 saturated heterocycles. The molecule has 1 aliphatic heterocycles. The molecule has 7 nitrogen and oxygen atoms in total. The molecule has 15 heavy (non-hydrogen) atoms. The fourth-order valence-corrected chi connectivity index (χ4v) is 1.27. The van der Waals surface area contributed by atoms with Gasteiger partial charge in [-0.25, -0.2) is 0 Å². The van der Waals surface area contributed by atoms with Crippen LogP contribution in [0.4, 0.5) is 0 Å². The van der Waals surface area contributed by atoms with Crippen molar-refractivity contribution in [1.29, 1.82) is 0 Å². The Morgan fingerprint density at radius 2 is 1.80 bits per heavy atom. The highest BCUT2D eigenvalue weighted by Gasteiger charge is 2.43. The summed E-state index contributed by atoms with van der Waals surface area (Å²) in [6, 6.07) is 0. The van der Waals surface area contributed by atoms with Crippen molar-refractivity contribution in [3.05, 3.63) is 0 Å². The molecule has 1 fully saturated rings. The molecular weight excluding hydrogens is 208 g/mol. The highest BCUT2D eigenvalue weighted by Crippen LogP contribution is 2.19. The monoisotopic (exact) mass is 222 g/mol. The molecule has 5 atom stereocenters. The summed E-state index contributed by atoms with van der Waals surface area (Å²) in [6.07, 6.45) is -7.18. The van der Waals surface area contributed by atoms with Crippen molar-refractivity contribution in [3.8, 4) is 0 Å². The van der Waals surface area contributed by atoms with Crippen LogP contribution in [-0.4, -0.2) is 63.7 Å². The average Bonchev–Trinajstić information content (AvgIpc) is 2.18. The molecule has 0 spiro atoms. The zero-order chi connectivity index (χ0) is 11.6. The summed E-state index contributed by atoms with van der Waals surface area (Å²) >= 11 is 0. The van der Waals surface area contributed by atoms with Gasteiger partial charge in [-0.15, -0.1) is 0 Å². The van der Waals surface area contributed by atoms with E-state index in [0.29, 0.717) is 0 Å². The number of carbonyl (C=O) groups is 1. The highest BCUT2D eigenvalue weighted by molar-refractivity contribution is 5.65. The van der Waals surface area contributed by atoms with Gasteiger partial charge in [-0.3, -0.25) is 4.79 Å². The van der Waals surface area contributed by atoms with E-state index in [4.69, 9.17) is 14.9 Å². The number of rotatable bonds is 2. The van der Waals surface area contributed by atoms with E-state index < -0.39 is 36.7 Å². The minimum Gasteiger partial charge on any atom is -0.463 e. The van der Waals surface area contributed by atoms with Crippen LogP contribution in [0.2, 0.25) is 0 Å². The lowest BCUT2D eigenvalue weighted by atomic mass is 9.99. The van der Waals surface area contributed by atoms with Crippen LogP contribution in [0.25, 0.3) is 0 Å². The molecular formula is C8H14O7. The Balaban J connectivity index is 2.54. The summed E-state index contributed by atoms with van der Waals surface area (Å²) in [7, 11) is 0. The van der Waals surface area contributed by atoms with Gasteiger partial charge >= 0.3 is 5.97 Å². The van der Waals surface area contributed by atoms with Gasteiger partial charge in [-0.1, -0.05) is 0 Å². The summed E-state index contributed by atoms with van der Waals surface area (Å²) in [5.41, 5.74) is 0. The second-order valence-electron chi connectivity index (χ2n) is 3.34. The normalized spacial score (nSPS) is 41.3. The second kappa shape index (κ2) is 4.86. The fourth-order valence-electron chi connectivity index (χ4n) is 1.27. The molecule has 88 valence electrons. The summed E-state index contributed by atoms with van der Waals surface area (Å²) in [6.45, 7) is 0.883. The molecule has 0 saturated carbocycles. The summed E-state index contributed by atoms with van der Waals surface area (Å²) in [4.78, 5) is 10.5. The van der Waals surface area contributed by atoms with Crippen molar-refractivity contribution in [1.82, 2.24) is 0 Å². The SMILES string of the molecule is CC(=O)OC[C@@H]1O[C@H](O)[C@H](O)[C@@H](O)[C@H]1O. The Labute approximate surface area is 85.9 Å². The van der Waals surface area contributed by atoms with E-state index in [1.165, 1.54) is 6.92 Å². The first-order valence-corrected chi connectivity index (χ1v) is 4.44. The molecule has 0 radical (unpaired) electrons. The van der Waals surface area contributed by atoms with E-state index in [1.54, 1.807) is 0 Å². The maximum Gasteiger partial charge on any atom is 0.302 e. The molecule has 1 rings (SSSR count). The van der Waals surface area contributed by atoms with Crippen LogP contribution in [0.3, 0.4) is 0 Å². The van der Waals surface area contributed by atoms with Crippen LogP contribution in [0, 0.1) is 0 Å². The van der Waals surface area contributed by atoms with E-state index in [9.17, 15) is 15.0 Å². The van der Waals surface area contributed by atoms with Gasteiger partial charge in [0.05, 0.1) is 0 Å². The van der Waals surface area contributed by atoms with Crippen LogP contribution in [0.1, 0.15) is 6.92 Å². The number of esters is 1. The maximum absolute atomic E-state index is 10.5. The van der Waals surface area contributed by atoms with Crippen LogP contribution in [0.15, 0.2) is 0 Å². The predicted octanol–water partition coefficient (Wildman–Crippen LogP) is -2.65. The summed E-state index contributed by atoms with van der Waals surface area (Å²) in [5.74, 6) is -0.569. The second-order valence-corrected chi connectivity index (χ2v) is 3.34. The van der Waals surface area contributed by atoms with Gasteiger partial charge in [0.15, 0.2) is 6.29 Å². The van der Waals surface area contributed by atoms with E-state index in [1.807, 2.05) is 0 Å². The van der Waals surface area contributed by atoms with Crippen molar-refractivity contribution >= 4 is 5.97 Å². The molecule has 0 aliphatic carbocycles. The van der Waals surface area contributed by atoms with E-state index >= 15 is 0 Å². The molecule has 1 aliphatic rings. The van der Waals surface area contributed by atoms with Crippen LogP contribution < -0.4 is 0 Å². The first kappa shape index (κ1) is 12.3. The summed E-state index contributed by atoms with van der Waals surface area (Å²) in [5, 5.41) is 36.9. The molecule has 0 aromatic carbocycles. The van der Waals surface area contributed by atoms with E-state index in [2.05, 4.69) is 4.74 Å². The quantitative estimate of drug-likeness (QED) is 0.377. The predicted molar refractivity (Wildman–Crippen MR) is 45.5 cm³/mol. The van der Waals surface area contributed by atoms with Crippen molar-refractivity contribution in [3.63, 3.8) is 0 Å². The number of aliphatic hydroxyl groups excluding tert-OH is 4. The molecule has 0 aromatic heterocycles. The molecule has 1 heterocycles. The Morgan fingerprint density at radius 3 is 2.33 bits per heavy atom. The van der Waals surface area contributed by atoms with E-state index in [0.717, 1.165) is 0 Å². The molecule has 0 aromatic rings. The Kier molecular flexibility index (Phi) is 4.00. The van der Waals surface area contributed by atoms with Crippen molar-refractivity contribution in [2.24, 2.45) is 0 Å². The fraction of sp³-hybridized carbons (Fsp3) is 0.875. The number of ether oxygens (including phenoxy) is 2. The van der Waals surface area contributed by atoms with Gasteiger partial charge in [0.1, 0.15) is 31.0 Å². The van der Waals surface area contributed by atoms with Gasteiger partial charge in [0, 0.05) is 6.92 Å². The largest absolute Gasteiger partial charge is 0.463 e. The minimum absolute atomic E-state index is 0.294.